The summed E-state index contributed by atoms with van der Waals surface area (Å²) in [6, 6.07) is 13.9. The maximum absolute atomic E-state index is 13.9. The Morgan fingerprint density at radius 2 is 1.64 bits per heavy atom. The lowest BCUT2D eigenvalue weighted by Gasteiger charge is -2.33. The number of hydrogen-bond donors (Lipinski definition) is 1. The highest BCUT2D eigenvalue weighted by Crippen LogP contribution is 2.43. The van der Waals surface area contributed by atoms with Crippen molar-refractivity contribution in [1.29, 1.82) is 0 Å². The summed E-state index contributed by atoms with van der Waals surface area (Å²) in [7, 11) is 3.17. The minimum absolute atomic E-state index is 0.184. The van der Waals surface area contributed by atoms with Gasteiger partial charge in [-0.25, -0.2) is 4.39 Å². The Morgan fingerprint density at radius 3 is 2.36 bits per heavy atom. The molecule has 1 N–H and O–H groups in total. The first-order chi connectivity index (χ1) is 15.7. The molecular weight excluding hydrogens is 441 g/mol. The maximum atomic E-state index is 13.9. The molecule has 0 spiro atoms. The summed E-state index contributed by atoms with van der Waals surface area (Å²) in [5.41, 5.74) is 5.72. The molecule has 0 fully saturated rings. The highest BCUT2D eigenvalue weighted by Gasteiger charge is 2.27. The first kappa shape index (κ1) is 23.0. The largest absolute Gasteiger partial charge is 0.496 e. The lowest BCUT2D eigenvalue weighted by molar-refractivity contribution is 0.283. The van der Waals surface area contributed by atoms with Crippen LogP contribution < -0.4 is 19.5 Å². The molecule has 0 aromatic heterocycles. The van der Waals surface area contributed by atoms with E-state index < -0.39 is 5.82 Å². The van der Waals surface area contributed by atoms with E-state index in [0.717, 1.165) is 33.5 Å². The van der Waals surface area contributed by atoms with Crippen LogP contribution in [0.4, 0.5) is 10.1 Å². The molecule has 0 atom stereocenters. The molecule has 3 aromatic carbocycles. The molecule has 0 unspecified atom stereocenters. The summed E-state index contributed by atoms with van der Waals surface area (Å²) < 4.78 is 31.1. The van der Waals surface area contributed by atoms with Crippen molar-refractivity contribution in [3.05, 3.63) is 76.6 Å². The molecule has 1 aliphatic heterocycles. The van der Waals surface area contributed by atoms with E-state index in [0.29, 0.717) is 22.3 Å². The first-order valence-electron chi connectivity index (χ1n) is 10.7. The highest BCUT2D eigenvalue weighted by atomic mass is 35.5. The molecule has 0 radical (unpaired) electrons. The van der Waals surface area contributed by atoms with Gasteiger partial charge in [0, 0.05) is 33.5 Å². The van der Waals surface area contributed by atoms with Crippen molar-refractivity contribution in [3.8, 4) is 28.4 Å². The average molecular weight is 468 g/mol. The van der Waals surface area contributed by atoms with Crippen LogP contribution in [0, 0.1) is 5.82 Å². The van der Waals surface area contributed by atoms with Gasteiger partial charge in [-0.1, -0.05) is 23.7 Å². The quantitative estimate of drug-likeness (QED) is 0.411. The molecule has 1 heterocycles. The van der Waals surface area contributed by atoms with Gasteiger partial charge in [-0.05, 0) is 68.3 Å². The number of fused-ring (bicyclic) bond motifs is 1. The zero-order valence-corrected chi connectivity index (χ0v) is 20.1. The van der Waals surface area contributed by atoms with E-state index in [4.69, 9.17) is 25.8 Å². The Balaban J connectivity index is 1.88. The smallest absolute Gasteiger partial charge is 0.164 e. The summed E-state index contributed by atoms with van der Waals surface area (Å²) in [6.45, 7) is 6.54. The van der Waals surface area contributed by atoms with Gasteiger partial charge in [-0.3, -0.25) is 0 Å². The van der Waals surface area contributed by atoms with Gasteiger partial charge in [-0.15, -0.1) is 0 Å². The number of benzene rings is 3. The number of rotatable bonds is 6. The average Bonchev–Trinajstić information content (AvgIpc) is 2.76. The molecule has 0 saturated heterocycles. The van der Waals surface area contributed by atoms with E-state index in [1.807, 2.05) is 18.2 Å². The fourth-order valence-corrected chi connectivity index (χ4v) is 4.58. The van der Waals surface area contributed by atoms with Crippen molar-refractivity contribution in [2.24, 2.45) is 0 Å². The first-order valence-corrected chi connectivity index (χ1v) is 11.0. The van der Waals surface area contributed by atoms with Crippen molar-refractivity contribution in [2.45, 2.75) is 32.9 Å². The summed E-state index contributed by atoms with van der Waals surface area (Å²) in [5.74, 6) is 1.12. The monoisotopic (exact) mass is 467 g/mol. The van der Waals surface area contributed by atoms with Crippen LogP contribution in [-0.4, -0.2) is 19.8 Å². The van der Waals surface area contributed by atoms with E-state index >= 15 is 0 Å². The minimum Gasteiger partial charge on any atom is -0.496 e. The number of hydrogen-bond acceptors (Lipinski definition) is 4. The van der Waals surface area contributed by atoms with E-state index in [1.54, 1.807) is 19.2 Å². The van der Waals surface area contributed by atoms with Crippen LogP contribution in [0.25, 0.3) is 16.7 Å². The van der Waals surface area contributed by atoms with Gasteiger partial charge < -0.3 is 19.5 Å². The Hall–Kier alpha value is -3.18. The number of nitrogens with one attached hydrogen (secondary N) is 1. The number of methoxy groups -OCH3 is 2. The second kappa shape index (κ2) is 8.99. The van der Waals surface area contributed by atoms with Crippen molar-refractivity contribution >= 4 is 22.9 Å². The highest BCUT2D eigenvalue weighted by molar-refractivity contribution is 6.31. The van der Waals surface area contributed by atoms with Gasteiger partial charge in [0.05, 0.1) is 19.8 Å². The van der Waals surface area contributed by atoms with Gasteiger partial charge >= 0.3 is 0 Å². The van der Waals surface area contributed by atoms with Gasteiger partial charge in [0.25, 0.3) is 0 Å². The molecule has 6 heteroatoms. The standard InChI is InChI=1S/C27H27ClFNO3/c1-16-14-27(2,3)30-22-9-8-19(20-12-17(28)6-10-23(20)31-4)21(26(16)22)15-33-25-13-18(29)7-11-24(25)32-5/h6-14,30H,15H2,1-5H3. The lowest BCUT2D eigenvalue weighted by Crippen LogP contribution is -2.32. The van der Waals surface area contributed by atoms with E-state index in [-0.39, 0.29) is 12.1 Å². The third kappa shape index (κ3) is 4.64. The predicted molar refractivity (Wildman–Crippen MR) is 132 cm³/mol. The Labute approximate surface area is 198 Å². The van der Waals surface area contributed by atoms with Crippen molar-refractivity contribution in [2.75, 3.05) is 19.5 Å². The van der Waals surface area contributed by atoms with Crippen LogP contribution in [0.3, 0.4) is 0 Å². The van der Waals surface area contributed by atoms with Gasteiger partial charge in [0.2, 0.25) is 0 Å². The Bertz CT molecular complexity index is 1240. The molecule has 172 valence electrons. The molecule has 1 aliphatic rings. The molecule has 0 bridgehead atoms. The van der Waals surface area contributed by atoms with Crippen LogP contribution >= 0.6 is 11.6 Å². The number of ether oxygens (including phenoxy) is 3. The minimum atomic E-state index is -0.392. The maximum Gasteiger partial charge on any atom is 0.164 e. The third-order valence-electron chi connectivity index (χ3n) is 5.69. The van der Waals surface area contributed by atoms with Crippen LogP contribution in [0.5, 0.6) is 17.2 Å². The number of halogens is 2. The van der Waals surface area contributed by atoms with Crippen LogP contribution in [-0.2, 0) is 6.61 Å². The fraction of sp³-hybridized carbons (Fsp3) is 0.259. The van der Waals surface area contributed by atoms with Crippen molar-refractivity contribution < 1.29 is 18.6 Å². The topological polar surface area (TPSA) is 39.7 Å². The molecule has 0 amide bonds. The van der Waals surface area contributed by atoms with Gasteiger partial charge in [-0.2, -0.15) is 0 Å². The van der Waals surface area contributed by atoms with Gasteiger partial charge in [0.1, 0.15) is 18.2 Å². The number of allylic oxidation sites excluding steroid dienone is 1. The summed E-state index contributed by atoms with van der Waals surface area (Å²) >= 11 is 6.35. The van der Waals surface area contributed by atoms with Crippen LogP contribution in [0.15, 0.2) is 54.6 Å². The lowest BCUT2D eigenvalue weighted by atomic mass is 9.85. The van der Waals surface area contributed by atoms with Crippen LogP contribution in [0.2, 0.25) is 5.02 Å². The molecule has 0 aliphatic carbocycles. The second-order valence-corrected chi connectivity index (χ2v) is 9.05. The number of anilines is 1. The molecule has 4 rings (SSSR count). The van der Waals surface area contributed by atoms with Crippen LogP contribution in [0.1, 0.15) is 31.9 Å². The summed E-state index contributed by atoms with van der Waals surface area (Å²) in [4.78, 5) is 0. The third-order valence-corrected chi connectivity index (χ3v) is 5.93. The van der Waals surface area contributed by atoms with E-state index in [2.05, 4.69) is 38.2 Å². The molecule has 0 saturated carbocycles. The molecular formula is C27H27ClFNO3. The van der Waals surface area contributed by atoms with Gasteiger partial charge in [0.15, 0.2) is 11.5 Å². The SMILES string of the molecule is COc1ccc(F)cc1OCc1c(-c2cc(Cl)ccc2OC)ccc2c1C(C)=CC(C)(C)N2. The van der Waals surface area contributed by atoms with Crippen molar-refractivity contribution in [3.63, 3.8) is 0 Å². The van der Waals surface area contributed by atoms with Crippen molar-refractivity contribution in [1.82, 2.24) is 0 Å². The normalized spacial score (nSPS) is 14.1. The summed E-state index contributed by atoms with van der Waals surface area (Å²) in [6.07, 6.45) is 2.20. The molecule has 4 nitrogen and oxygen atoms in total. The second-order valence-electron chi connectivity index (χ2n) is 8.62. The zero-order chi connectivity index (χ0) is 23.8. The molecule has 3 aromatic rings. The van der Waals surface area contributed by atoms with E-state index in [1.165, 1.54) is 19.2 Å². The molecule has 33 heavy (non-hydrogen) atoms. The zero-order valence-electron chi connectivity index (χ0n) is 19.4. The van der Waals surface area contributed by atoms with E-state index in [9.17, 15) is 4.39 Å². The predicted octanol–water partition coefficient (Wildman–Crippen LogP) is 7.35. The summed E-state index contributed by atoms with van der Waals surface area (Å²) in [5, 5.41) is 4.19. The fourth-order valence-electron chi connectivity index (χ4n) is 4.41. The Kier molecular flexibility index (Phi) is 6.26. The Morgan fingerprint density at radius 1 is 0.909 bits per heavy atom.